The van der Waals surface area contributed by atoms with Crippen LogP contribution < -0.4 is 4.74 Å². The van der Waals surface area contributed by atoms with E-state index >= 15 is 0 Å². The van der Waals surface area contributed by atoms with Crippen LogP contribution in [0, 0.1) is 5.95 Å². The van der Waals surface area contributed by atoms with E-state index in [1.54, 1.807) is 0 Å². The summed E-state index contributed by atoms with van der Waals surface area (Å²) in [5.41, 5.74) is 0. The van der Waals surface area contributed by atoms with E-state index in [9.17, 15) is 9.18 Å². The Morgan fingerprint density at radius 1 is 1.70 bits per heavy atom. The van der Waals surface area contributed by atoms with Gasteiger partial charge in [-0.25, -0.2) is 4.98 Å². The number of ether oxygens (including phenoxy) is 1. The van der Waals surface area contributed by atoms with E-state index in [-0.39, 0.29) is 12.2 Å². The minimum Gasteiger partial charge on any atom is -0.424 e. The van der Waals surface area contributed by atoms with E-state index in [1.807, 2.05) is 0 Å². The maximum Gasteiger partial charge on any atom is 0.298 e. The third-order valence-corrected chi connectivity index (χ3v) is 0.900. The predicted molar refractivity (Wildman–Crippen MR) is 30.9 cm³/mol. The molecule has 0 amide bonds. The zero-order valence-corrected chi connectivity index (χ0v) is 4.95. The zero-order chi connectivity index (χ0) is 7.40. The molecule has 52 valence electrons. The quantitative estimate of drug-likeness (QED) is 0.450. The zero-order valence-electron chi connectivity index (χ0n) is 4.95. The summed E-state index contributed by atoms with van der Waals surface area (Å²) in [5, 5.41) is 0. The summed E-state index contributed by atoms with van der Waals surface area (Å²) in [6, 6.07) is 2.79. The molecule has 0 unspecified atom stereocenters. The highest BCUT2D eigenvalue weighted by Crippen LogP contribution is 2.10. The van der Waals surface area contributed by atoms with Crippen molar-refractivity contribution in [2.24, 2.45) is 0 Å². The van der Waals surface area contributed by atoms with E-state index in [4.69, 9.17) is 0 Å². The van der Waals surface area contributed by atoms with Gasteiger partial charge >= 0.3 is 0 Å². The van der Waals surface area contributed by atoms with Crippen LogP contribution in [0.3, 0.4) is 0 Å². The number of hydrogen-bond acceptors (Lipinski definition) is 3. The van der Waals surface area contributed by atoms with E-state index in [0.29, 0.717) is 0 Å². The van der Waals surface area contributed by atoms with Crippen molar-refractivity contribution in [2.45, 2.75) is 0 Å². The van der Waals surface area contributed by atoms with Crippen LogP contribution in [0.15, 0.2) is 18.3 Å². The lowest BCUT2D eigenvalue weighted by Gasteiger charge is -1.94. The van der Waals surface area contributed by atoms with Crippen molar-refractivity contribution >= 4 is 6.47 Å². The third-order valence-electron chi connectivity index (χ3n) is 0.900. The Balaban J connectivity index is 2.91. The van der Waals surface area contributed by atoms with Crippen LogP contribution in [0.25, 0.3) is 0 Å². The molecule has 1 aromatic heterocycles. The second-order valence-electron chi connectivity index (χ2n) is 1.51. The number of carbonyl (C=O) groups is 1. The molecule has 0 saturated heterocycles. The van der Waals surface area contributed by atoms with Crippen molar-refractivity contribution in [3.05, 3.63) is 24.3 Å². The summed E-state index contributed by atoms with van der Waals surface area (Å²) >= 11 is 0. The molecule has 4 heteroatoms. The Kier molecular flexibility index (Phi) is 1.94. The van der Waals surface area contributed by atoms with Crippen LogP contribution >= 0.6 is 0 Å². The lowest BCUT2D eigenvalue weighted by Crippen LogP contribution is -1.93. The van der Waals surface area contributed by atoms with Gasteiger partial charge in [0.05, 0.1) is 0 Å². The van der Waals surface area contributed by atoms with Gasteiger partial charge in [-0.3, -0.25) is 4.79 Å². The van der Waals surface area contributed by atoms with Crippen LogP contribution in [-0.2, 0) is 4.79 Å². The number of pyridine rings is 1. The lowest BCUT2D eigenvalue weighted by atomic mass is 10.4. The summed E-state index contributed by atoms with van der Waals surface area (Å²) in [6.07, 6.45) is 1.27. The van der Waals surface area contributed by atoms with Crippen molar-refractivity contribution < 1.29 is 13.9 Å². The van der Waals surface area contributed by atoms with Gasteiger partial charge in [0.1, 0.15) is 0 Å². The SMILES string of the molecule is O=COc1cccnc1F. The molecule has 0 bridgehead atoms. The number of rotatable bonds is 2. The number of nitrogens with zero attached hydrogens (tertiary/aromatic N) is 1. The van der Waals surface area contributed by atoms with E-state index in [0.717, 1.165) is 0 Å². The topological polar surface area (TPSA) is 39.2 Å². The maximum absolute atomic E-state index is 12.4. The number of aromatic nitrogens is 1. The van der Waals surface area contributed by atoms with Gasteiger partial charge in [-0.15, -0.1) is 0 Å². The van der Waals surface area contributed by atoms with Crippen LogP contribution in [-0.4, -0.2) is 11.5 Å². The van der Waals surface area contributed by atoms with Crippen molar-refractivity contribution in [3.63, 3.8) is 0 Å². The Morgan fingerprint density at radius 3 is 3.10 bits per heavy atom. The van der Waals surface area contributed by atoms with Crippen LogP contribution in [0.5, 0.6) is 5.75 Å². The second kappa shape index (κ2) is 2.91. The Hall–Kier alpha value is -1.45. The molecular formula is C6H4FNO2. The molecule has 0 aliphatic heterocycles. The molecule has 1 rings (SSSR count). The Morgan fingerprint density at radius 2 is 2.50 bits per heavy atom. The highest BCUT2D eigenvalue weighted by Gasteiger charge is 2.00. The first kappa shape index (κ1) is 6.67. The lowest BCUT2D eigenvalue weighted by molar-refractivity contribution is -0.120. The van der Waals surface area contributed by atoms with E-state index in [1.165, 1.54) is 18.3 Å². The predicted octanol–water partition coefficient (Wildman–Crippen LogP) is 0.756. The first-order chi connectivity index (χ1) is 4.84. The number of halogens is 1. The largest absolute Gasteiger partial charge is 0.424 e. The summed E-state index contributed by atoms with van der Waals surface area (Å²) < 4.78 is 16.6. The fraction of sp³-hybridized carbons (Fsp3) is 0. The molecule has 0 atom stereocenters. The normalized spacial score (nSPS) is 8.90. The van der Waals surface area contributed by atoms with Crippen LogP contribution in [0.2, 0.25) is 0 Å². The van der Waals surface area contributed by atoms with Gasteiger partial charge in [0.2, 0.25) is 0 Å². The summed E-state index contributed by atoms with van der Waals surface area (Å²) in [4.78, 5) is 13.0. The van der Waals surface area contributed by atoms with Crippen LogP contribution in [0.4, 0.5) is 4.39 Å². The van der Waals surface area contributed by atoms with Crippen molar-refractivity contribution in [3.8, 4) is 5.75 Å². The molecule has 1 heterocycles. The fourth-order valence-corrected chi connectivity index (χ4v) is 0.511. The summed E-state index contributed by atoms with van der Waals surface area (Å²) in [7, 11) is 0. The Labute approximate surface area is 56.5 Å². The molecule has 0 aliphatic rings. The second-order valence-corrected chi connectivity index (χ2v) is 1.51. The van der Waals surface area contributed by atoms with Gasteiger partial charge in [0.25, 0.3) is 12.4 Å². The Bertz CT molecular complexity index is 239. The monoisotopic (exact) mass is 141 g/mol. The minimum atomic E-state index is -0.783. The molecule has 0 radical (unpaired) electrons. The summed E-state index contributed by atoms with van der Waals surface area (Å²) in [6.45, 7) is 0.153. The highest BCUT2D eigenvalue weighted by atomic mass is 19.1. The van der Waals surface area contributed by atoms with E-state index in [2.05, 4.69) is 9.72 Å². The average molecular weight is 141 g/mol. The maximum atomic E-state index is 12.4. The van der Waals surface area contributed by atoms with Gasteiger partial charge in [-0.1, -0.05) is 0 Å². The minimum absolute atomic E-state index is 0.153. The van der Waals surface area contributed by atoms with E-state index < -0.39 is 5.95 Å². The molecule has 0 aliphatic carbocycles. The fourth-order valence-electron chi connectivity index (χ4n) is 0.511. The molecule has 0 fully saturated rings. The smallest absolute Gasteiger partial charge is 0.298 e. The highest BCUT2D eigenvalue weighted by molar-refractivity contribution is 5.44. The molecule has 10 heavy (non-hydrogen) atoms. The van der Waals surface area contributed by atoms with Crippen molar-refractivity contribution in [2.75, 3.05) is 0 Å². The van der Waals surface area contributed by atoms with Gasteiger partial charge in [0.15, 0.2) is 5.75 Å². The first-order valence-electron chi connectivity index (χ1n) is 2.55. The third kappa shape index (κ3) is 1.28. The van der Waals surface area contributed by atoms with Crippen molar-refractivity contribution in [1.82, 2.24) is 4.98 Å². The summed E-state index contributed by atoms with van der Waals surface area (Å²) in [5.74, 6) is -0.938. The molecule has 3 nitrogen and oxygen atoms in total. The first-order valence-corrected chi connectivity index (χ1v) is 2.55. The molecule has 0 aromatic carbocycles. The average Bonchev–Trinajstić information content (AvgIpc) is 1.94. The van der Waals surface area contributed by atoms with Crippen molar-refractivity contribution in [1.29, 1.82) is 0 Å². The molecular weight excluding hydrogens is 137 g/mol. The number of hydrogen-bond donors (Lipinski definition) is 0. The van der Waals surface area contributed by atoms with Gasteiger partial charge < -0.3 is 4.74 Å². The van der Waals surface area contributed by atoms with Gasteiger partial charge in [0, 0.05) is 6.20 Å². The molecule has 0 saturated carbocycles. The molecule has 0 N–H and O–H groups in total. The standard InChI is InChI=1S/C6H4FNO2/c7-6-5(10-4-9)2-1-3-8-6/h1-4H. The number of carbonyl (C=O) groups excluding carboxylic acids is 1. The van der Waals surface area contributed by atoms with Crippen LogP contribution in [0.1, 0.15) is 0 Å². The van der Waals surface area contributed by atoms with Gasteiger partial charge in [-0.2, -0.15) is 4.39 Å². The molecule has 1 aromatic rings. The van der Waals surface area contributed by atoms with Gasteiger partial charge in [-0.05, 0) is 12.1 Å². The molecule has 0 spiro atoms.